The number of allylic oxidation sites excluding steroid dienone is 1. The van der Waals surface area contributed by atoms with Crippen molar-refractivity contribution in [3.63, 3.8) is 0 Å². The summed E-state index contributed by atoms with van der Waals surface area (Å²) in [7, 11) is 0. The van der Waals surface area contributed by atoms with Crippen LogP contribution in [0.1, 0.15) is 80.0 Å². The SMILES string of the molecule is CCCCCc1ccc(C(F)(F)Oc2cc(F)c(C=CC3CCC(c4ccc(-c5cc(F)c(F)c(F)c5)c(F)c4)CC3)c(F)c2)cc1. The lowest BCUT2D eigenvalue weighted by atomic mass is 9.78. The summed E-state index contributed by atoms with van der Waals surface area (Å²) >= 11 is 0. The first-order valence-electron chi connectivity index (χ1n) is 15.7. The van der Waals surface area contributed by atoms with Gasteiger partial charge in [-0.05, 0) is 97.4 Å². The summed E-state index contributed by atoms with van der Waals surface area (Å²) in [5.41, 5.74) is 0.654. The fourth-order valence-corrected chi connectivity index (χ4v) is 6.04. The van der Waals surface area contributed by atoms with Crippen molar-refractivity contribution in [2.24, 2.45) is 5.92 Å². The highest BCUT2D eigenvalue weighted by Crippen LogP contribution is 2.39. The lowest BCUT2D eigenvalue weighted by molar-refractivity contribution is -0.185. The van der Waals surface area contributed by atoms with Crippen molar-refractivity contribution >= 4 is 6.08 Å². The average Bonchev–Trinajstić information content (AvgIpc) is 3.03. The third kappa shape index (κ3) is 8.24. The third-order valence-electron chi connectivity index (χ3n) is 8.72. The van der Waals surface area contributed by atoms with E-state index in [0.717, 1.165) is 55.5 Å². The fourth-order valence-electron chi connectivity index (χ4n) is 6.04. The zero-order valence-electron chi connectivity index (χ0n) is 25.7. The molecule has 0 unspecified atom stereocenters. The summed E-state index contributed by atoms with van der Waals surface area (Å²) < 4.78 is 120. The number of alkyl halides is 2. The van der Waals surface area contributed by atoms with Gasteiger partial charge in [0.15, 0.2) is 17.5 Å². The molecule has 248 valence electrons. The summed E-state index contributed by atoms with van der Waals surface area (Å²) in [5.74, 6) is -7.87. The predicted molar refractivity (Wildman–Crippen MR) is 166 cm³/mol. The molecule has 0 spiro atoms. The Morgan fingerprint density at radius 1 is 0.723 bits per heavy atom. The molecular formula is C38H34F8O. The minimum Gasteiger partial charge on any atom is -0.429 e. The quantitative estimate of drug-likeness (QED) is 0.0885. The predicted octanol–water partition coefficient (Wildman–Crippen LogP) is 12.0. The van der Waals surface area contributed by atoms with Crippen molar-refractivity contribution in [2.45, 2.75) is 70.3 Å². The normalized spacial score (nSPS) is 17.0. The van der Waals surface area contributed by atoms with Crippen molar-refractivity contribution in [3.8, 4) is 16.9 Å². The van der Waals surface area contributed by atoms with E-state index in [1.54, 1.807) is 24.3 Å². The first-order valence-corrected chi connectivity index (χ1v) is 15.7. The molecule has 0 atom stereocenters. The summed E-state index contributed by atoms with van der Waals surface area (Å²) in [6, 6.07) is 13.0. The van der Waals surface area contributed by atoms with Crippen molar-refractivity contribution in [1.82, 2.24) is 0 Å². The van der Waals surface area contributed by atoms with Crippen LogP contribution in [0.5, 0.6) is 5.75 Å². The van der Waals surface area contributed by atoms with E-state index in [4.69, 9.17) is 4.74 Å². The van der Waals surface area contributed by atoms with Crippen LogP contribution in [0.15, 0.2) is 72.8 Å². The molecule has 1 aliphatic rings. The van der Waals surface area contributed by atoms with Crippen molar-refractivity contribution in [2.75, 3.05) is 0 Å². The number of halogens is 8. The molecule has 5 rings (SSSR count). The Balaban J connectivity index is 1.18. The minimum atomic E-state index is -3.79. The summed E-state index contributed by atoms with van der Waals surface area (Å²) in [6.07, 6.45) is 5.59. The largest absolute Gasteiger partial charge is 0.429 e. The number of ether oxygens (including phenoxy) is 1. The van der Waals surface area contributed by atoms with E-state index >= 15 is 0 Å². The van der Waals surface area contributed by atoms with E-state index < -0.39 is 52.3 Å². The Morgan fingerprint density at radius 2 is 1.36 bits per heavy atom. The Bertz CT molecular complexity index is 1680. The highest BCUT2D eigenvalue weighted by molar-refractivity contribution is 5.65. The standard InChI is InChI=1S/C38H34F8O/c1-2-3-4-5-23-8-14-28(15-9-23)38(45,46)47-29-21-33(40)31(34(41)22-29)16-10-24-6-11-25(12-7-24)26-13-17-30(32(39)18-26)27-19-35(42)37(44)36(43)20-27/h8-10,13-22,24-25H,2-7,11-12H2,1H3. The molecule has 47 heavy (non-hydrogen) atoms. The van der Waals surface area contributed by atoms with Gasteiger partial charge in [0.2, 0.25) is 0 Å². The molecule has 0 aliphatic heterocycles. The van der Waals surface area contributed by atoms with Crippen LogP contribution in [-0.4, -0.2) is 0 Å². The van der Waals surface area contributed by atoms with Crippen LogP contribution in [0.4, 0.5) is 35.1 Å². The highest BCUT2D eigenvalue weighted by Gasteiger charge is 2.35. The van der Waals surface area contributed by atoms with E-state index in [0.29, 0.717) is 31.2 Å². The van der Waals surface area contributed by atoms with Gasteiger partial charge in [0, 0.05) is 23.3 Å². The van der Waals surface area contributed by atoms with Gasteiger partial charge in [-0.3, -0.25) is 0 Å². The lowest BCUT2D eigenvalue weighted by Crippen LogP contribution is -2.22. The van der Waals surface area contributed by atoms with Crippen molar-refractivity contribution in [1.29, 1.82) is 0 Å². The Kier molecular flexibility index (Phi) is 10.7. The van der Waals surface area contributed by atoms with E-state index in [1.165, 1.54) is 30.3 Å². The molecule has 0 amide bonds. The number of benzene rings is 4. The Morgan fingerprint density at radius 3 is 1.96 bits per heavy atom. The molecule has 1 aliphatic carbocycles. The van der Waals surface area contributed by atoms with Gasteiger partial charge < -0.3 is 4.74 Å². The van der Waals surface area contributed by atoms with Gasteiger partial charge in [0.05, 0.1) is 5.56 Å². The molecule has 0 radical (unpaired) electrons. The van der Waals surface area contributed by atoms with Crippen LogP contribution in [0.25, 0.3) is 17.2 Å². The summed E-state index contributed by atoms with van der Waals surface area (Å²) in [6.45, 7) is 2.08. The smallest absolute Gasteiger partial charge is 0.426 e. The second-order valence-electron chi connectivity index (χ2n) is 12.0. The van der Waals surface area contributed by atoms with E-state index in [1.807, 2.05) is 0 Å². The number of hydrogen-bond donors (Lipinski definition) is 0. The zero-order chi connectivity index (χ0) is 33.7. The van der Waals surface area contributed by atoms with Crippen LogP contribution in [0.2, 0.25) is 0 Å². The minimum absolute atomic E-state index is 0.00581. The van der Waals surface area contributed by atoms with Gasteiger partial charge in [-0.2, -0.15) is 8.78 Å². The van der Waals surface area contributed by atoms with Crippen LogP contribution < -0.4 is 4.74 Å². The maximum Gasteiger partial charge on any atom is 0.426 e. The maximum absolute atomic E-state index is 14.9. The van der Waals surface area contributed by atoms with Gasteiger partial charge in [0.1, 0.15) is 23.2 Å². The van der Waals surface area contributed by atoms with Gasteiger partial charge >= 0.3 is 6.11 Å². The molecule has 0 bridgehead atoms. The molecule has 4 aromatic carbocycles. The van der Waals surface area contributed by atoms with Gasteiger partial charge in [0.25, 0.3) is 0 Å². The molecule has 0 aromatic heterocycles. The third-order valence-corrected chi connectivity index (χ3v) is 8.72. The lowest BCUT2D eigenvalue weighted by Gasteiger charge is -2.27. The Hall–Kier alpha value is -4.14. The summed E-state index contributed by atoms with van der Waals surface area (Å²) in [4.78, 5) is 0. The second-order valence-corrected chi connectivity index (χ2v) is 12.0. The van der Waals surface area contributed by atoms with E-state index in [2.05, 4.69) is 6.92 Å². The van der Waals surface area contributed by atoms with Crippen LogP contribution in [0, 0.1) is 40.8 Å². The summed E-state index contributed by atoms with van der Waals surface area (Å²) in [5, 5.41) is 0. The number of unbranched alkanes of at least 4 members (excludes halogenated alkanes) is 2. The van der Waals surface area contributed by atoms with Crippen molar-refractivity contribution < 1.29 is 39.9 Å². The average molecular weight is 659 g/mol. The second kappa shape index (κ2) is 14.7. The van der Waals surface area contributed by atoms with Gasteiger partial charge in [-0.1, -0.05) is 56.2 Å². The van der Waals surface area contributed by atoms with E-state index in [9.17, 15) is 35.1 Å². The maximum atomic E-state index is 14.9. The number of aryl methyl sites for hydroxylation is 1. The molecule has 9 heteroatoms. The van der Waals surface area contributed by atoms with Crippen molar-refractivity contribution in [3.05, 3.63) is 130 Å². The topological polar surface area (TPSA) is 9.23 Å². The highest BCUT2D eigenvalue weighted by atomic mass is 19.3. The molecule has 0 N–H and O–H groups in total. The van der Waals surface area contributed by atoms with Gasteiger partial charge in [-0.15, -0.1) is 0 Å². The fraction of sp³-hybridized carbons (Fsp3) is 0.316. The molecule has 1 saturated carbocycles. The molecule has 1 nitrogen and oxygen atoms in total. The first-order chi connectivity index (χ1) is 22.4. The Labute approximate surface area is 268 Å². The molecule has 1 fully saturated rings. The number of rotatable bonds is 11. The number of hydrogen-bond acceptors (Lipinski definition) is 1. The van der Waals surface area contributed by atoms with Gasteiger partial charge in [-0.25, -0.2) is 26.3 Å². The van der Waals surface area contributed by atoms with Crippen LogP contribution in [-0.2, 0) is 12.5 Å². The molecule has 4 aromatic rings. The first kappa shape index (κ1) is 34.2. The van der Waals surface area contributed by atoms with Crippen LogP contribution >= 0.6 is 0 Å². The van der Waals surface area contributed by atoms with E-state index in [-0.39, 0.29) is 28.5 Å². The molecule has 0 saturated heterocycles. The molecular weight excluding hydrogens is 624 g/mol. The van der Waals surface area contributed by atoms with Crippen LogP contribution in [0.3, 0.4) is 0 Å². The monoisotopic (exact) mass is 658 g/mol. The molecule has 0 heterocycles. The zero-order valence-corrected chi connectivity index (χ0v) is 25.7.